The van der Waals surface area contributed by atoms with Crippen LogP contribution in [0, 0.1) is 0 Å². The number of esters is 3. The lowest BCUT2D eigenvalue weighted by molar-refractivity contribution is -0.167. The standard InChI is InChI=1S/C75H126O6/c1-4-7-10-13-15-17-19-21-23-25-27-29-31-33-34-35-36-37-38-39-40-42-43-45-47-49-51-53-55-57-59-62-65-68-74(77)80-71-72(70-79-73(76)67-64-61-12-9-6-3)81-75(78)69-66-63-60-58-56-54-52-50-48-46-44-41-32-30-28-26-24-22-20-18-16-14-11-8-5-2/h7-8,10-11,15-18,21-24,27-30,33-34,36-37,72H,4-6,9,12-14,19-20,25-26,31-32,35,38-71H2,1-3H3/b10-7-,11-8-,17-15-,18-16-,23-21-,24-22-,29-27-,30-28-,34-33-,37-36-. The van der Waals surface area contributed by atoms with Crippen LogP contribution in [0.2, 0.25) is 0 Å². The van der Waals surface area contributed by atoms with Crippen LogP contribution >= 0.6 is 0 Å². The topological polar surface area (TPSA) is 78.9 Å². The number of unbranched alkanes of at least 4 members (excludes halogenated alkanes) is 30. The minimum Gasteiger partial charge on any atom is -0.462 e. The Balaban J connectivity index is 4.00. The highest BCUT2D eigenvalue weighted by Gasteiger charge is 2.19. The van der Waals surface area contributed by atoms with Crippen LogP contribution in [0.4, 0.5) is 0 Å². The fraction of sp³-hybridized carbons (Fsp3) is 0.693. The van der Waals surface area contributed by atoms with Gasteiger partial charge in [-0.05, 0) is 109 Å². The molecule has 0 heterocycles. The molecule has 81 heavy (non-hydrogen) atoms. The van der Waals surface area contributed by atoms with Gasteiger partial charge < -0.3 is 14.2 Å². The summed E-state index contributed by atoms with van der Waals surface area (Å²) in [6.45, 7) is 6.35. The third-order valence-electron chi connectivity index (χ3n) is 14.5. The summed E-state index contributed by atoms with van der Waals surface area (Å²) in [5.74, 6) is -0.886. The molecule has 0 saturated carbocycles. The van der Waals surface area contributed by atoms with Gasteiger partial charge in [0, 0.05) is 19.3 Å². The maximum Gasteiger partial charge on any atom is 0.306 e. The molecule has 6 nitrogen and oxygen atoms in total. The number of allylic oxidation sites excluding steroid dienone is 20. The quantitative estimate of drug-likeness (QED) is 0.0261. The molecule has 0 aromatic carbocycles. The average molecular weight is 1120 g/mol. The second-order valence-corrected chi connectivity index (χ2v) is 22.3. The monoisotopic (exact) mass is 1120 g/mol. The molecule has 0 radical (unpaired) electrons. The molecule has 6 heteroatoms. The lowest BCUT2D eigenvalue weighted by atomic mass is 10.0. The Morgan fingerprint density at radius 2 is 0.481 bits per heavy atom. The lowest BCUT2D eigenvalue weighted by Gasteiger charge is -2.18. The highest BCUT2D eigenvalue weighted by atomic mass is 16.6. The van der Waals surface area contributed by atoms with E-state index in [1.165, 1.54) is 148 Å². The first-order valence-corrected chi connectivity index (χ1v) is 34.0. The summed E-state index contributed by atoms with van der Waals surface area (Å²) >= 11 is 0. The molecule has 0 aliphatic heterocycles. The van der Waals surface area contributed by atoms with Gasteiger partial charge in [-0.2, -0.15) is 0 Å². The minimum atomic E-state index is -0.777. The molecule has 462 valence electrons. The zero-order valence-corrected chi connectivity index (χ0v) is 53.0. The van der Waals surface area contributed by atoms with Gasteiger partial charge in [-0.1, -0.05) is 309 Å². The van der Waals surface area contributed by atoms with Crippen LogP contribution in [0.3, 0.4) is 0 Å². The van der Waals surface area contributed by atoms with E-state index in [-0.39, 0.29) is 31.1 Å². The van der Waals surface area contributed by atoms with E-state index in [1.807, 2.05) is 0 Å². The number of carbonyl (C=O) groups excluding carboxylic acids is 3. The van der Waals surface area contributed by atoms with Crippen molar-refractivity contribution < 1.29 is 28.6 Å². The SMILES string of the molecule is CC/C=C\C/C=C\C/C=C\C/C=C\C/C=C\C/C=C\CCCCCCCCCCCCCCCCC(=O)OCC(COC(=O)CCCCCCC)OC(=O)CCCCCCCCCCCCCC/C=C\C/C=C\C/C=C\C/C=C\CC. The Bertz CT molecular complexity index is 1670. The Labute approximate surface area is 501 Å². The van der Waals surface area contributed by atoms with E-state index in [9.17, 15) is 14.4 Å². The van der Waals surface area contributed by atoms with Crippen molar-refractivity contribution >= 4 is 17.9 Å². The predicted octanol–water partition coefficient (Wildman–Crippen LogP) is 23.6. The Morgan fingerprint density at radius 1 is 0.259 bits per heavy atom. The second-order valence-electron chi connectivity index (χ2n) is 22.3. The fourth-order valence-corrected chi connectivity index (χ4v) is 9.44. The van der Waals surface area contributed by atoms with Crippen LogP contribution in [0.25, 0.3) is 0 Å². The van der Waals surface area contributed by atoms with Gasteiger partial charge >= 0.3 is 17.9 Å². The molecule has 0 aliphatic rings. The molecule has 0 amide bonds. The Kier molecular flexibility index (Phi) is 64.8. The van der Waals surface area contributed by atoms with Crippen LogP contribution in [-0.2, 0) is 28.6 Å². The summed E-state index contributed by atoms with van der Waals surface area (Å²) in [4.78, 5) is 38.0. The van der Waals surface area contributed by atoms with Gasteiger partial charge in [0.1, 0.15) is 13.2 Å². The van der Waals surface area contributed by atoms with E-state index < -0.39 is 6.10 Å². The molecule has 0 fully saturated rings. The number of rotatable bonds is 61. The molecule has 0 aliphatic carbocycles. The summed E-state index contributed by atoms with van der Waals surface area (Å²) in [6.07, 6.45) is 95.6. The fourth-order valence-electron chi connectivity index (χ4n) is 9.44. The molecule has 0 rings (SSSR count). The molecule has 1 unspecified atom stereocenters. The smallest absolute Gasteiger partial charge is 0.306 e. The zero-order chi connectivity index (χ0) is 58.5. The first-order chi connectivity index (χ1) is 40.0. The lowest BCUT2D eigenvalue weighted by Crippen LogP contribution is -2.30. The molecule has 0 N–H and O–H groups in total. The van der Waals surface area contributed by atoms with Crippen molar-refractivity contribution in [3.8, 4) is 0 Å². The van der Waals surface area contributed by atoms with E-state index in [0.717, 1.165) is 128 Å². The predicted molar refractivity (Wildman–Crippen MR) is 353 cm³/mol. The second kappa shape index (κ2) is 68.3. The van der Waals surface area contributed by atoms with Crippen molar-refractivity contribution in [1.82, 2.24) is 0 Å². The van der Waals surface area contributed by atoms with Gasteiger partial charge in [0.25, 0.3) is 0 Å². The molecule has 0 bridgehead atoms. The summed E-state index contributed by atoms with van der Waals surface area (Å²) in [7, 11) is 0. The summed E-state index contributed by atoms with van der Waals surface area (Å²) in [5.41, 5.74) is 0. The van der Waals surface area contributed by atoms with Crippen LogP contribution < -0.4 is 0 Å². The van der Waals surface area contributed by atoms with Gasteiger partial charge in [0.05, 0.1) is 0 Å². The molecular weight excluding hydrogens is 997 g/mol. The van der Waals surface area contributed by atoms with E-state index >= 15 is 0 Å². The van der Waals surface area contributed by atoms with Gasteiger partial charge in [-0.25, -0.2) is 0 Å². The third kappa shape index (κ3) is 66.5. The number of hydrogen-bond donors (Lipinski definition) is 0. The van der Waals surface area contributed by atoms with Gasteiger partial charge in [-0.3, -0.25) is 14.4 Å². The summed E-state index contributed by atoms with van der Waals surface area (Å²) in [5, 5.41) is 0. The summed E-state index contributed by atoms with van der Waals surface area (Å²) in [6, 6.07) is 0. The van der Waals surface area contributed by atoms with Crippen molar-refractivity contribution in [3.05, 3.63) is 122 Å². The third-order valence-corrected chi connectivity index (χ3v) is 14.5. The largest absolute Gasteiger partial charge is 0.462 e. The van der Waals surface area contributed by atoms with Crippen molar-refractivity contribution in [2.24, 2.45) is 0 Å². The number of ether oxygens (including phenoxy) is 3. The first-order valence-electron chi connectivity index (χ1n) is 34.0. The number of carbonyl (C=O) groups is 3. The maximum atomic E-state index is 12.9. The van der Waals surface area contributed by atoms with Crippen LogP contribution in [0.5, 0.6) is 0 Å². The van der Waals surface area contributed by atoms with Crippen molar-refractivity contribution in [2.45, 2.75) is 322 Å². The summed E-state index contributed by atoms with van der Waals surface area (Å²) < 4.78 is 16.8. The molecular formula is C75H126O6. The Morgan fingerprint density at radius 3 is 0.753 bits per heavy atom. The van der Waals surface area contributed by atoms with E-state index in [0.29, 0.717) is 19.3 Å². The van der Waals surface area contributed by atoms with Crippen LogP contribution in [-0.4, -0.2) is 37.2 Å². The normalized spacial score (nSPS) is 12.9. The molecule has 1 atom stereocenters. The van der Waals surface area contributed by atoms with Crippen molar-refractivity contribution in [1.29, 1.82) is 0 Å². The van der Waals surface area contributed by atoms with E-state index in [4.69, 9.17) is 14.2 Å². The van der Waals surface area contributed by atoms with Gasteiger partial charge in [-0.15, -0.1) is 0 Å². The Hall–Kier alpha value is -4.19. The first kappa shape index (κ1) is 76.8. The van der Waals surface area contributed by atoms with Crippen LogP contribution in [0.1, 0.15) is 316 Å². The molecule has 0 aromatic rings. The molecule has 0 saturated heterocycles. The average Bonchev–Trinajstić information content (AvgIpc) is 3.47. The van der Waals surface area contributed by atoms with E-state index in [1.54, 1.807) is 0 Å². The van der Waals surface area contributed by atoms with Crippen molar-refractivity contribution in [3.63, 3.8) is 0 Å². The van der Waals surface area contributed by atoms with E-state index in [2.05, 4.69) is 142 Å². The molecule has 0 spiro atoms. The van der Waals surface area contributed by atoms with Gasteiger partial charge in [0.2, 0.25) is 0 Å². The zero-order valence-electron chi connectivity index (χ0n) is 53.0. The highest BCUT2D eigenvalue weighted by Crippen LogP contribution is 2.17. The molecule has 0 aromatic heterocycles. The maximum absolute atomic E-state index is 12.9. The van der Waals surface area contributed by atoms with Crippen molar-refractivity contribution in [2.75, 3.05) is 13.2 Å². The highest BCUT2D eigenvalue weighted by molar-refractivity contribution is 5.71. The minimum absolute atomic E-state index is 0.0779. The number of hydrogen-bond acceptors (Lipinski definition) is 6. The van der Waals surface area contributed by atoms with Gasteiger partial charge in [0.15, 0.2) is 6.10 Å². The van der Waals surface area contributed by atoms with Crippen LogP contribution in [0.15, 0.2) is 122 Å².